The molecule has 31 heavy (non-hydrogen) atoms. The molecule has 0 radical (unpaired) electrons. The van der Waals surface area contributed by atoms with E-state index in [1.54, 1.807) is 14.2 Å². The number of ether oxygens (including phenoxy) is 2. The summed E-state index contributed by atoms with van der Waals surface area (Å²) in [5, 5.41) is 10.2. The average Bonchev–Trinajstić information content (AvgIpc) is 2.74. The van der Waals surface area contributed by atoms with Crippen LogP contribution >= 0.6 is 0 Å². The maximum atomic E-state index is 10.2. The second-order valence-corrected chi connectivity index (χ2v) is 11.7. The van der Waals surface area contributed by atoms with Crippen molar-refractivity contribution in [2.75, 3.05) is 20.8 Å². The highest BCUT2D eigenvalue weighted by Gasteiger charge is 2.64. The quantitative estimate of drug-likeness (QED) is 0.411. The SMILES string of the molecule is CCCCCCC(C)(C)c1cc(OC)c([C@@]2(C)CC(CO)C3CC2C3(C)C)c(OC)c1. The summed E-state index contributed by atoms with van der Waals surface area (Å²) in [6, 6.07) is 4.54. The van der Waals surface area contributed by atoms with Gasteiger partial charge in [-0.15, -0.1) is 0 Å². The Kier molecular flexibility index (Phi) is 7.06. The van der Waals surface area contributed by atoms with Crippen molar-refractivity contribution in [2.24, 2.45) is 23.2 Å². The highest BCUT2D eigenvalue weighted by molar-refractivity contribution is 5.55. The molecule has 0 saturated heterocycles. The molecule has 1 aromatic rings. The number of methoxy groups -OCH3 is 2. The topological polar surface area (TPSA) is 38.7 Å². The highest BCUT2D eigenvalue weighted by Crippen LogP contribution is 2.69. The molecule has 3 nitrogen and oxygen atoms in total. The molecule has 4 rings (SSSR count). The molecule has 3 unspecified atom stereocenters. The summed E-state index contributed by atoms with van der Waals surface area (Å²) in [6.45, 7) is 14.4. The standard InChI is InChI=1S/C28H46O3/c1-9-10-11-12-13-26(2,3)20-14-22(30-7)25(23(15-20)31-8)28(6)17-19(18-29)21-16-24(28)27(21,4)5/h14-15,19,21,24,29H,9-13,16-18H2,1-8H3/t19?,21?,24?,28-/m0/s1. The Labute approximate surface area is 190 Å². The molecule has 3 fully saturated rings. The van der Waals surface area contributed by atoms with Gasteiger partial charge in [0.1, 0.15) is 11.5 Å². The van der Waals surface area contributed by atoms with E-state index in [9.17, 15) is 5.11 Å². The molecule has 0 amide bonds. The van der Waals surface area contributed by atoms with Crippen molar-refractivity contribution in [3.05, 3.63) is 23.3 Å². The smallest absolute Gasteiger partial charge is 0.126 e. The van der Waals surface area contributed by atoms with Crippen molar-refractivity contribution in [3.63, 3.8) is 0 Å². The van der Waals surface area contributed by atoms with E-state index >= 15 is 0 Å². The molecular formula is C28H46O3. The van der Waals surface area contributed by atoms with Crippen molar-refractivity contribution in [3.8, 4) is 11.5 Å². The summed E-state index contributed by atoms with van der Waals surface area (Å²) in [5.74, 6) is 3.44. The predicted octanol–water partition coefficient (Wildman–Crippen LogP) is 6.88. The summed E-state index contributed by atoms with van der Waals surface area (Å²) in [5.41, 5.74) is 2.75. The van der Waals surface area contributed by atoms with E-state index in [0.29, 0.717) is 17.8 Å². The van der Waals surface area contributed by atoms with Crippen LogP contribution in [0.1, 0.15) is 97.6 Å². The number of rotatable bonds is 10. The van der Waals surface area contributed by atoms with Crippen molar-refractivity contribution in [1.29, 1.82) is 0 Å². The fourth-order valence-corrected chi connectivity index (χ4v) is 7.14. The van der Waals surface area contributed by atoms with Crippen LogP contribution < -0.4 is 9.47 Å². The molecule has 0 aliphatic heterocycles. The molecule has 3 aliphatic carbocycles. The van der Waals surface area contributed by atoms with Gasteiger partial charge < -0.3 is 14.6 Å². The van der Waals surface area contributed by atoms with E-state index in [1.165, 1.54) is 49.7 Å². The summed E-state index contributed by atoms with van der Waals surface area (Å²) >= 11 is 0. The van der Waals surface area contributed by atoms with Crippen molar-refractivity contribution < 1.29 is 14.6 Å². The summed E-state index contributed by atoms with van der Waals surface area (Å²) < 4.78 is 12.1. The van der Waals surface area contributed by atoms with E-state index in [1.807, 2.05) is 0 Å². The molecule has 2 bridgehead atoms. The first-order valence-electron chi connectivity index (χ1n) is 12.4. The van der Waals surface area contributed by atoms with Crippen LogP contribution in [-0.4, -0.2) is 25.9 Å². The van der Waals surface area contributed by atoms with Crippen LogP contribution in [-0.2, 0) is 10.8 Å². The third-order valence-electron chi connectivity index (χ3n) is 9.12. The summed E-state index contributed by atoms with van der Waals surface area (Å²) in [4.78, 5) is 0. The van der Waals surface area contributed by atoms with Gasteiger partial charge in [-0.25, -0.2) is 0 Å². The lowest BCUT2D eigenvalue weighted by Crippen LogP contribution is -2.63. The van der Waals surface area contributed by atoms with E-state index in [0.717, 1.165) is 17.9 Å². The van der Waals surface area contributed by atoms with Gasteiger partial charge >= 0.3 is 0 Å². The lowest BCUT2D eigenvalue weighted by molar-refractivity contribution is -0.162. The maximum Gasteiger partial charge on any atom is 0.126 e. The first-order valence-corrected chi connectivity index (χ1v) is 12.4. The van der Waals surface area contributed by atoms with E-state index in [2.05, 4.69) is 53.7 Å². The molecule has 3 aliphatic rings. The van der Waals surface area contributed by atoms with Crippen LogP contribution in [0, 0.1) is 23.2 Å². The Hall–Kier alpha value is -1.22. The van der Waals surface area contributed by atoms with Gasteiger partial charge in [0.15, 0.2) is 0 Å². The largest absolute Gasteiger partial charge is 0.496 e. The molecule has 176 valence electrons. The van der Waals surface area contributed by atoms with E-state index in [-0.39, 0.29) is 22.9 Å². The molecular weight excluding hydrogens is 384 g/mol. The minimum absolute atomic E-state index is 0.0634. The van der Waals surface area contributed by atoms with E-state index in [4.69, 9.17) is 9.47 Å². The van der Waals surface area contributed by atoms with Gasteiger partial charge in [-0.1, -0.05) is 67.2 Å². The number of hydrogen-bond acceptors (Lipinski definition) is 3. The Morgan fingerprint density at radius 3 is 2.13 bits per heavy atom. The van der Waals surface area contributed by atoms with Crippen molar-refractivity contribution in [2.45, 2.75) is 97.3 Å². The fourth-order valence-electron chi connectivity index (χ4n) is 7.14. The molecule has 3 heteroatoms. The van der Waals surface area contributed by atoms with E-state index < -0.39 is 0 Å². The zero-order chi connectivity index (χ0) is 23.0. The zero-order valence-electron chi connectivity index (χ0n) is 21.3. The normalized spacial score (nSPS) is 29.4. The second-order valence-electron chi connectivity index (χ2n) is 11.7. The van der Waals surface area contributed by atoms with Crippen LogP contribution in [0.3, 0.4) is 0 Å². The summed E-state index contributed by atoms with van der Waals surface area (Å²) in [7, 11) is 3.58. The minimum Gasteiger partial charge on any atom is -0.496 e. The number of aliphatic hydroxyl groups is 1. The molecule has 3 saturated carbocycles. The van der Waals surface area contributed by atoms with Gasteiger partial charge in [0, 0.05) is 17.6 Å². The minimum atomic E-state index is -0.0634. The zero-order valence-corrected chi connectivity index (χ0v) is 21.3. The van der Waals surface area contributed by atoms with Crippen LogP contribution in [0.5, 0.6) is 11.5 Å². The van der Waals surface area contributed by atoms with Gasteiger partial charge in [0.2, 0.25) is 0 Å². The molecule has 0 heterocycles. The Bertz CT molecular complexity index is 741. The molecule has 1 aromatic carbocycles. The first-order chi connectivity index (χ1) is 14.6. The average molecular weight is 431 g/mol. The van der Waals surface area contributed by atoms with Crippen molar-refractivity contribution in [1.82, 2.24) is 0 Å². The highest BCUT2D eigenvalue weighted by atomic mass is 16.5. The van der Waals surface area contributed by atoms with Crippen LogP contribution in [0.25, 0.3) is 0 Å². The van der Waals surface area contributed by atoms with Gasteiger partial charge in [0.05, 0.1) is 14.2 Å². The maximum absolute atomic E-state index is 10.2. The Balaban J connectivity index is 2.02. The number of benzene rings is 1. The Morgan fingerprint density at radius 2 is 1.65 bits per heavy atom. The van der Waals surface area contributed by atoms with Crippen LogP contribution in [0.2, 0.25) is 0 Å². The molecule has 0 spiro atoms. The number of hydrogen-bond donors (Lipinski definition) is 1. The number of fused-ring (bicyclic) bond motifs is 2. The first kappa shape index (κ1) is 24.4. The number of unbranched alkanes of at least 4 members (excludes halogenated alkanes) is 3. The van der Waals surface area contributed by atoms with Crippen LogP contribution in [0.4, 0.5) is 0 Å². The molecule has 4 atom stereocenters. The Morgan fingerprint density at radius 1 is 1.03 bits per heavy atom. The lowest BCUT2D eigenvalue weighted by Gasteiger charge is -2.67. The number of aliphatic hydroxyl groups excluding tert-OH is 1. The van der Waals surface area contributed by atoms with Crippen LogP contribution in [0.15, 0.2) is 12.1 Å². The third-order valence-corrected chi connectivity index (χ3v) is 9.12. The molecule has 1 N–H and O–H groups in total. The lowest BCUT2D eigenvalue weighted by atomic mass is 9.37. The van der Waals surface area contributed by atoms with Crippen molar-refractivity contribution >= 4 is 0 Å². The second kappa shape index (κ2) is 8.96. The predicted molar refractivity (Wildman–Crippen MR) is 129 cm³/mol. The fraction of sp³-hybridized carbons (Fsp3) is 0.786. The van der Waals surface area contributed by atoms with Gasteiger partial charge in [0.25, 0.3) is 0 Å². The monoisotopic (exact) mass is 430 g/mol. The van der Waals surface area contributed by atoms with Gasteiger partial charge in [-0.3, -0.25) is 0 Å². The van der Waals surface area contributed by atoms with Gasteiger partial charge in [-0.2, -0.15) is 0 Å². The molecule has 0 aromatic heterocycles. The third kappa shape index (κ3) is 4.12. The summed E-state index contributed by atoms with van der Waals surface area (Å²) in [6.07, 6.45) is 8.47. The van der Waals surface area contributed by atoms with Gasteiger partial charge in [-0.05, 0) is 65.5 Å².